The van der Waals surface area contributed by atoms with E-state index in [2.05, 4.69) is 31.4 Å². The zero-order chi connectivity index (χ0) is 19.8. The molecule has 1 aliphatic carbocycles. The normalized spacial score (nSPS) is 18.7. The molecule has 1 aliphatic rings. The predicted molar refractivity (Wildman–Crippen MR) is 110 cm³/mol. The molecule has 4 nitrogen and oxygen atoms in total. The van der Waals surface area contributed by atoms with Gasteiger partial charge in [0, 0.05) is 11.4 Å². The third kappa shape index (κ3) is 4.38. The Morgan fingerprint density at radius 3 is 2.11 bits per heavy atom. The molecule has 27 heavy (non-hydrogen) atoms. The van der Waals surface area contributed by atoms with Gasteiger partial charge in [-0.2, -0.15) is 0 Å². The Balaban J connectivity index is 1.64. The number of amides is 2. The molecule has 2 unspecified atom stereocenters. The van der Waals surface area contributed by atoms with Gasteiger partial charge in [0.25, 0.3) is 0 Å². The van der Waals surface area contributed by atoms with E-state index in [-0.39, 0.29) is 29.1 Å². The molecule has 3 rings (SSSR count). The highest BCUT2D eigenvalue weighted by atomic mass is 16.2. The fraction of sp³-hybridized carbons (Fsp3) is 0.391. The molecule has 0 aromatic heterocycles. The van der Waals surface area contributed by atoms with E-state index >= 15 is 0 Å². The summed E-state index contributed by atoms with van der Waals surface area (Å²) in [7, 11) is 0. The lowest BCUT2D eigenvalue weighted by Gasteiger charge is -2.23. The molecule has 2 atom stereocenters. The van der Waals surface area contributed by atoms with Crippen molar-refractivity contribution in [2.75, 3.05) is 10.6 Å². The minimum absolute atomic E-state index is 0.0626. The monoisotopic (exact) mass is 364 g/mol. The second-order valence-corrected chi connectivity index (χ2v) is 8.54. The van der Waals surface area contributed by atoms with E-state index in [4.69, 9.17) is 0 Å². The van der Waals surface area contributed by atoms with Crippen molar-refractivity contribution in [3.8, 4) is 0 Å². The lowest BCUT2D eigenvalue weighted by molar-refractivity contribution is -0.122. The molecule has 0 aliphatic heterocycles. The lowest BCUT2D eigenvalue weighted by atomic mass is 9.86. The molecule has 0 spiro atoms. The highest BCUT2D eigenvalue weighted by Crippen LogP contribution is 2.41. The Bertz CT molecular complexity index is 880. The average molecular weight is 364 g/mol. The first-order valence-corrected chi connectivity index (χ1v) is 9.45. The van der Waals surface area contributed by atoms with Gasteiger partial charge < -0.3 is 10.6 Å². The first-order valence-electron chi connectivity index (χ1n) is 9.45. The Morgan fingerprint density at radius 2 is 1.48 bits per heavy atom. The summed E-state index contributed by atoms with van der Waals surface area (Å²) in [6.45, 7) is 10.3. The smallest absolute Gasteiger partial charge is 0.228 e. The number of carbonyl (C=O) groups is 2. The van der Waals surface area contributed by atoms with E-state index in [1.54, 1.807) is 0 Å². The highest BCUT2D eigenvalue weighted by molar-refractivity contribution is 6.03. The summed E-state index contributed by atoms with van der Waals surface area (Å²) < 4.78 is 0. The maximum Gasteiger partial charge on any atom is 0.228 e. The average Bonchev–Trinajstić information content (AvgIpc) is 3.38. The Morgan fingerprint density at radius 1 is 0.889 bits per heavy atom. The summed E-state index contributed by atoms with van der Waals surface area (Å²) in [5, 5.41) is 6.01. The third-order valence-electron chi connectivity index (χ3n) is 5.11. The predicted octanol–water partition coefficient (Wildman–Crippen LogP) is 4.81. The first-order chi connectivity index (χ1) is 12.7. The summed E-state index contributed by atoms with van der Waals surface area (Å²) >= 11 is 0. The Kier molecular flexibility index (Phi) is 5.09. The van der Waals surface area contributed by atoms with E-state index in [0.717, 1.165) is 28.1 Å². The van der Waals surface area contributed by atoms with E-state index in [1.165, 1.54) is 0 Å². The minimum atomic E-state index is -0.261. The number of hydrogen-bond acceptors (Lipinski definition) is 2. The molecule has 0 heterocycles. The van der Waals surface area contributed by atoms with E-state index < -0.39 is 0 Å². The largest absolute Gasteiger partial charge is 0.326 e. The fourth-order valence-corrected chi connectivity index (χ4v) is 3.34. The quantitative estimate of drug-likeness (QED) is 0.817. The number of anilines is 2. The van der Waals surface area contributed by atoms with E-state index in [9.17, 15) is 9.59 Å². The Labute approximate surface area is 161 Å². The van der Waals surface area contributed by atoms with Crippen LogP contribution in [0.2, 0.25) is 0 Å². The topological polar surface area (TPSA) is 58.2 Å². The van der Waals surface area contributed by atoms with Crippen molar-refractivity contribution < 1.29 is 9.59 Å². The summed E-state index contributed by atoms with van der Waals surface area (Å²) in [5.74, 6) is -0.671. The van der Waals surface area contributed by atoms with Gasteiger partial charge >= 0.3 is 0 Å². The molecule has 0 radical (unpaired) electrons. The van der Waals surface area contributed by atoms with Crippen LogP contribution in [0.25, 0.3) is 0 Å². The lowest BCUT2D eigenvalue weighted by Crippen LogP contribution is -2.23. The van der Waals surface area contributed by atoms with Gasteiger partial charge in [-0.25, -0.2) is 0 Å². The van der Waals surface area contributed by atoms with E-state index in [1.807, 2.05) is 56.3 Å². The molecule has 142 valence electrons. The van der Waals surface area contributed by atoms with Crippen LogP contribution in [0.15, 0.2) is 42.5 Å². The van der Waals surface area contributed by atoms with E-state index in [0.29, 0.717) is 6.42 Å². The van der Waals surface area contributed by atoms with Gasteiger partial charge in [0.2, 0.25) is 11.8 Å². The van der Waals surface area contributed by atoms with Crippen LogP contribution in [0, 0.1) is 25.7 Å². The molecule has 2 N–H and O–H groups in total. The summed E-state index contributed by atoms with van der Waals surface area (Å²) in [6, 6.07) is 13.8. The van der Waals surface area contributed by atoms with Gasteiger partial charge in [0.1, 0.15) is 0 Å². The number of para-hydroxylation sites is 1. The van der Waals surface area contributed by atoms with Crippen molar-refractivity contribution in [2.24, 2.45) is 11.8 Å². The number of rotatable bonds is 4. The molecule has 1 saturated carbocycles. The third-order valence-corrected chi connectivity index (χ3v) is 5.11. The molecular formula is C23H28N2O2. The standard InChI is InChI=1S/C23H28N2O2/c1-14-10-11-15(2)20(12-14)25-22(27)17-13-16(17)21(26)24-19-9-7-6-8-18(19)23(3,4)5/h6-12,16-17H,13H2,1-5H3,(H,24,26)(H,25,27). The van der Waals surface area contributed by atoms with Crippen molar-refractivity contribution in [1.82, 2.24) is 0 Å². The van der Waals surface area contributed by atoms with Crippen LogP contribution in [0.1, 0.15) is 43.9 Å². The number of nitrogens with one attached hydrogen (secondary N) is 2. The Hall–Kier alpha value is -2.62. The summed E-state index contributed by atoms with van der Waals surface area (Å²) in [4.78, 5) is 25.2. The van der Waals surface area contributed by atoms with Gasteiger partial charge in [-0.1, -0.05) is 51.1 Å². The van der Waals surface area contributed by atoms with Crippen LogP contribution in [-0.2, 0) is 15.0 Å². The molecule has 2 aromatic rings. The maximum absolute atomic E-state index is 12.7. The van der Waals surface area contributed by atoms with Crippen LogP contribution >= 0.6 is 0 Å². The van der Waals surface area contributed by atoms with Crippen LogP contribution in [0.3, 0.4) is 0 Å². The van der Waals surface area contributed by atoms with Gasteiger partial charge in [-0.15, -0.1) is 0 Å². The van der Waals surface area contributed by atoms with Gasteiger partial charge in [0.05, 0.1) is 11.8 Å². The number of benzene rings is 2. The second kappa shape index (κ2) is 7.18. The van der Waals surface area contributed by atoms with Crippen LogP contribution in [0.5, 0.6) is 0 Å². The fourth-order valence-electron chi connectivity index (χ4n) is 3.34. The van der Waals surface area contributed by atoms with Crippen LogP contribution in [0.4, 0.5) is 11.4 Å². The molecular weight excluding hydrogens is 336 g/mol. The molecule has 2 amide bonds. The van der Waals surface area contributed by atoms with Crippen molar-refractivity contribution in [3.05, 3.63) is 59.2 Å². The van der Waals surface area contributed by atoms with Gasteiger partial charge in [-0.3, -0.25) is 9.59 Å². The number of hydrogen-bond donors (Lipinski definition) is 2. The van der Waals surface area contributed by atoms with Gasteiger partial charge in [-0.05, 0) is 54.5 Å². The van der Waals surface area contributed by atoms with Crippen molar-refractivity contribution >= 4 is 23.2 Å². The summed E-state index contributed by atoms with van der Waals surface area (Å²) in [6.07, 6.45) is 0.597. The molecule has 0 bridgehead atoms. The number of carbonyl (C=O) groups excluding carboxylic acids is 2. The SMILES string of the molecule is Cc1ccc(C)c(NC(=O)C2CC2C(=O)Nc2ccccc2C(C)(C)C)c1. The van der Waals surface area contributed by atoms with Crippen molar-refractivity contribution in [3.63, 3.8) is 0 Å². The summed E-state index contributed by atoms with van der Waals surface area (Å²) in [5.41, 5.74) is 4.80. The highest BCUT2D eigenvalue weighted by Gasteiger charge is 2.48. The van der Waals surface area contributed by atoms with Gasteiger partial charge in [0.15, 0.2) is 0 Å². The molecule has 1 fully saturated rings. The zero-order valence-corrected chi connectivity index (χ0v) is 16.7. The van der Waals surface area contributed by atoms with Crippen LogP contribution < -0.4 is 10.6 Å². The number of aryl methyl sites for hydroxylation is 2. The molecule has 2 aromatic carbocycles. The van der Waals surface area contributed by atoms with Crippen molar-refractivity contribution in [1.29, 1.82) is 0 Å². The zero-order valence-electron chi connectivity index (χ0n) is 16.7. The first kappa shape index (κ1) is 19.2. The molecule has 4 heteroatoms. The maximum atomic E-state index is 12.7. The molecule has 0 saturated heterocycles. The second-order valence-electron chi connectivity index (χ2n) is 8.54. The van der Waals surface area contributed by atoms with Crippen LogP contribution in [-0.4, -0.2) is 11.8 Å². The minimum Gasteiger partial charge on any atom is -0.326 e. The van der Waals surface area contributed by atoms with Crippen molar-refractivity contribution in [2.45, 2.75) is 46.5 Å².